The molecule has 0 fully saturated rings. The molecule has 2 rings (SSSR count). The van der Waals surface area contributed by atoms with E-state index in [1.54, 1.807) is 19.4 Å². The Hall–Kier alpha value is -2.30. The van der Waals surface area contributed by atoms with E-state index in [2.05, 4.69) is 5.48 Å². The number of hydrogen-bond acceptors (Lipinski definition) is 4. The zero-order valence-corrected chi connectivity index (χ0v) is 11.2. The Balaban J connectivity index is 2.17. The van der Waals surface area contributed by atoms with Crippen molar-refractivity contribution < 1.29 is 14.7 Å². The maximum absolute atomic E-state index is 9.10. The van der Waals surface area contributed by atoms with Crippen molar-refractivity contribution in [3.63, 3.8) is 0 Å². The summed E-state index contributed by atoms with van der Waals surface area (Å²) < 4.78 is 5.60. The van der Waals surface area contributed by atoms with Crippen molar-refractivity contribution in [1.82, 2.24) is 5.48 Å². The van der Waals surface area contributed by atoms with Crippen LogP contribution in [0.1, 0.15) is 11.1 Å². The first-order valence-corrected chi connectivity index (χ1v) is 6.24. The molecule has 2 N–H and O–H groups in total. The van der Waals surface area contributed by atoms with Crippen molar-refractivity contribution in [2.24, 2.45) is 0 Å². The van der Waals surface area contributed by atoms with Gasteiger partial charge in [-0.3, -0.25) is 10.3 Å². The Morgan fingerprint density at radius 3 is 2.65 bits per heavy atom. The number of hydrogen-bond donors (Lipinski definition) is 2. The topological polar surface area (TPSA) is 50.7 Å². The van der Waals surface area contributed by atoms with Crippen LogP contribution in [-0.4, -0.2) is 12.2 Å². The van der Waals surface area contributed by atoms with E-state index in [4.69, 9.17) is 14.7 Å². The fraction of sp³-hybridized carbons (Fsp3) is 0.125. The minimum Gasteiger partial charge on any atom is -0.463 e. The summed E-state index contributed by atoms with van der Waals surface area (Å²) >= 11 is 0. The molecular formula is C16H17NO3. The minimum atomic E-state index is -0.0111. The lowest BCUT2D eigenvalue weighted by Gasteiger charge is -2.09. The third kappa shape index (κ3) is 3.85. The number of rotatable bonds is 6. The maximum Gasteiger partial charge on any atom is 0.126 e. The smallest absolute Gasteiger partial charge is 0.126 e. The Bertz CT molecular complexity index is 567. The zero-order chi connectivity index (χ0) is 14.2. The van der Waals surface area contributed by atoms with Gasteiger partial charge in [-0.25, -0.2) is 0 Å². The first-order valence-electron chi connectivity index (χ1n) is 6.24. The van der Waals surface area contributed by atoms with Crippen LogP contribution < -0.4 is 10.2 Å². The van der Waals surface area contributed by atoms with E-state index < -0.39 is 0 Å². The van der Waals surface area contributed by atoms with Gasteiger partial charge in [-0.2, -0.15) is 0 Å². The number of benzene rings is 2. The summed E-state index contributed by atoms with van der Waals surface area (Å²) in [5.41, 5.74) is 5.25. The first-order chi connectivity index (χ1) is 9.83. The number of hydroxylamine groups is 1. The highest BCUT2D eigenvalue weighted by Crippen LogP contribution is 2.16. The van der Waals surface area contributed by atoms with E-state index in [-0.39, 0.29) is 6.61 Å². The molecule has 0 saturated heterocycles. The Morgan fingerprint density at radius 2 is 1.95 bits per heavy atom. The summed E-state index contributed by atoms with van der Waals surface area (Å²) in [5.74, 6) is 0.655. The normalized spacial score (nSPS) is 11.2. The number of ether oxygens (including phenoxy) is 1. The number of aliphatic hydroxyl groups is 1. The van der Waals surface area contributed by atoms with Crippen LogP contribution in [0, 0.1) is 0 Å². The van der Waals surface area contributed by atoms with Crippen LogP contribution in [0.15, 0.2) is 60.9 Å². The monoisotopic (exact) mass is 271 g/mol. The van der Waals surface area contributed by atoms with Crippen LogP contribution in [0.2, 0.25) is 0 Å². The second kappa shape index (κ2) is 7.33. The largest absolute Gasteiger partial charge is 0.463 e. The molecule has 4 heteroatoms. The van der Waals surface area contributed by atoms with Crippen molar-refractivity contribution in [2.45, 2.75) is 6.61 Å². The Morgan fingerprint density at radius 1 is 1.15 bits per heavy atom. The van der Waals surface area contributed by atoms with Crippen LogP contribution in [0.5, 0.6) is 5.75 Å². The molecule has 2 aromatic rings. The van der Waals surface area contributed by atoms with Gasteiger partial charge in [0.25, 0.3) is 0 Å². The van der Waals surface area contributed by atoms with E-state index in [1.807, 2.05) is 48.5 Å². The third-order valence-electron chi connectivity index (χ3n) is 2.69. The van der Waals surface area contributed by atoms with Crippen molar-refractivity contribution in [3.8, 4) is 5.75 Å². The lowest BCUT2D eigenvalue weighted by Crippen LogP contribution is -2.11. The molecule has 0 radical (unpaired) electrons. The molecule has 0 aromatic heterocycles. The molecule has 20 heavy (non-hydrogen) atoms. The summed E-state index contributed by atoms with van der Waals surface area (Å²) in [4.78, 5) is 4.95. The van der Waals surface area contributed by atoms with Crippen molar-refractivity contribution in [2.75, 3.05) is 7.11 Å². The Labute approximate surface area is 118 Å². The maximum atomic E-state index is 9.10. The molecule has 104 valence electrons. The fourth-order valence-electron chi connectivity index (χ4n) is 1.72. The van der Waals surface area contributed by atoms with Gasteiger partial charge in [-0.05, 0) is 17.7 Å². The van der Waals surface area contributed by atoms with Gasteiger partial charge in [-0.1, -0.05) is 42.5 Å². The lowest BCUT2D eigenvalue weighted by atomic mass is 10.2. The van der Waals surface area contributed by atoms with Crippen molar-refractivity contribution >= 4 is 5.70 Å². The van der Waals surface area contributed by atoms with Crippen molar-refractivity contribution in [3.05, 3.63) is 72.0 Å². The number of nitrogens with one attached hydrogen (secondary N) is 1. The predicted octanol–water partition coefficient (Wildman–Crippen LogP) is 2.71. The summed E-state index contributed by atoms with van der Waals surface area (Å²) in [5, 5.41) is 9.10. The highest BCUT2D eigenvalue weighted by molar-refractivity contribution is 5.62. The summed E-state index contributed by atoms with van der Waals surface area (Å²) in [6, 6.07) is 17.0. The fourth-order valence-corrected chi connectivity index (χ4v) is 1.72. The molecule has 0 aliphatic carbocycles. The van der Waals surface area contributed by atoms with Crippen LogP contribution in [0.4, 0.5) is 0 Å². The second-order valence-electron chi connectivity index (χ2n) is 4.13. The standard InChI is InChI=1S/C16H17NO3/c1-19-17-16(14-7-3-2-4-8-14)12-20-15-9-5-6-13(10-15)11-18/h2-10,12,17-18H,11H2,1H3. The van der Waals surface area contributed by atoms with Gasteiger partial charge >= 0.3 is 0 Å². The molecule has 0 atom stereocenters. The molecule has 0 spiro atoms. The molecule has 4 nitrogen and oxygen atoms in total. The molecule has 0 aliphatic rings. The van der Waals surface area contributed by atoms with E-state index in [9.17, 15) is 0 Å². The van der Waals surface area contributed by atoms with Gasteiger partial charge in [0.1, 0.15) is 17.7 Å². The minimum absolute atomic E-state index is 0.0111. The molecule has 0 aliphatic heterocycles. The van der Waals surface area contributed by atoms with Crippen LogP contribution in [-0.2, 0) is 11.4 Å². The van der Waals surface area contributed by atoms with Gasteiger partial charge < -0.3 is 9.84 Å². The van der Waals surface area contributed by atoms with Crippen LogP contribution in [0.3, 0.4) is 0 Å². The van der Waals surface area contributed by atoms with Gasteiger partial charge in [0.05, 0.1) is 13.7 Å². The summed E-state index contributed by atoms with van der Waals surface area (Å²) in [6.07, 6.45) is 1.58. The van der Waals surface area contributed by atoms with Gasteiger partial charge in [-0.15, -0.1) is 0 Å². The SMILES string of the molecule is CONC(=COc1cccc(CO)c1)c1ccccc1. The summed E-state index contributed by atoms with van der Waals surface area (Å²) in [6.45, 7) is -0.0111. The molecule has 0 unspecified atom stereocenters. The molecule has 2 aromatic carbocycles. The van der Waals surface area contributed by atoms with Gasteiger partial charge in [0.15, 0.2) is 0 Å². The quantitative estimate of drug-likeness (QED) is 0.626. The van der Waals surface area contributed by atoms with Crippen LogP contribution in [0.25, 0.3) is 5.70 Å². The molecule has 0 heterocycles. The van der Waals surface area contributed by atoms with Gasteiger partial charge in [0, 0.05) is 5.56 Å². The van der Waals surface area contributed by atoms with Gasteiger partial charge in [0.2, 0.25) is 0 Å². The van der Waals surface area contributed by atoms with E-state index in [0.717, 1.165) is 11.1 Å². The molecular weight excluding hydrogens is 254 g/mol. The van der Waals surface area contributed by atoms with E-state index in [0.29, 0.717) is 11.4 Å². The average Bonchev–Trinajstić information content (AvgIpc) is 2.52. The zero-order valence-electron chi connectivity index (χ0n) is 11.2. The molecule has 0 bridgehead atoms. The molecule has 0 amide bonds. The third-order valence-corrected chi connectivity index (χ3v) is 2.69. The van der Waals surface area contributed by atoms with Crippen molar-refractivity contribution in [1.29, 1.82) is 0 Å². The van der Waals surface area contributed by atoms with Crippen LogP contribution >= 0.6 is 0 Å². The van der Waals surface area contributed by atoms with E-state index >= 15 is 0 Å². The highest BCUT2D eigenvalue weighted by Gasteiger charge is 2.01. The first kappa shape index (κ1) is 14.1. The Kier molecular flexibility index (Phi) is 5.17. The van der Waals surface area contributed by atoms with E-state index in [1.165, 1.54) is 0 Å². The average molecular weight is 271 g/mol. The second-order valence-corrected chi connectivity index (χ2v) is 4.13. The summed E-state index contributed by atoms with van der Waals surface area (Å²) in [7, 11) is 1.54. The number of aliphatic hydroxyl groups excluding tert-OH is 1. The predicted molar refractivity (Wildman–Crippen MR) is 77.6 cm³/mol. The highest BCUT2D eigenvalue weighted by atomic mass is 16.6. The molecule has 0 saturated carbocycles. The lowest BCUT2D eigenvalue weighted by molar-refractivity contribution is 0.135.